The number of morpholine rings is 1. The highest BCUT2D eigenvalue weighted by Gasteiger charge is 2.51. The SMILES string of the molecule is C#Cc1c(F)ccc2cc(O)cc(-c3cc4nc(OCC5(CN6CCOC7(CC7)C6)CC5)nc(N5CC6CCC(C5)N6)c4cc3CC)c12. The van der Waals surface area contributed by atoms with Crippen molar-refractivity contribution < 1.29 is 19.0 Å². The van der Waals surface area contributed by atoms with Crippen molar-refractivity contribution in [1.29, 1.82) is 0 Å². The number of anilines is 1. The maximum absolute atomic E-state index is 15.0. The van der Waals surface area contributed by atoms with Crippen LogP contribution in [0.1, 0.15) is 56.6 Å². The first-order chi connectivity index (χ1) is 23.3. The number of aromatic hydroxyl groups is 1. The van der Waals surface area contributed by atoms with Crippen molar-refractivity contribution in [3.63, 3.8) is 0 Å². The summed E-state index contributed by atoms with van der Waals surface area (Å²) in [6.45, 7) is 8.28. The second kappa shape index (κ2) is 11.3. The Morgan fingerprint density at radius 1 is 1.08 bits per heavy atom. The van der Waals surface area contributed by atoms with Gasteiger partial charge in [0.25, 0.3) is 0 Å². The third-order valence-electron chi connectivity index (χ3n) is 11.4. The van der Waals surface area contributed by atoms with Crippen LogP contribution in [-0.2, 0) is 11.2 Å². The third-order valence-corrected chi connectivity index (χ3v) is 11.4. The second-order valence-electron chi connectivity index (χ2n) is 14.9. The number of benzene rings is 3. The van der Waals surface area contributed by atoms with Crippen molar-refractivity contribution in [3.8, 4) is 35.2 Å². The standard InChI is InChI=1S/C39H42FN5O3/c1-3-24-16-32-34(18-30(24)31-17-28(46)15-25-5-8-33(40)29(4-2)35(25)31)42-37(43-36(32)45-19-26-6-7-27(20-45)41-26)47-23-38(9-10-38)21-44-13-14-48-39(22-44)11-12-39/h2,5,8,15-18,26-27,41,46H,3,6-7,9-14,19-23H2,1H3. The van der Waals surface area contributed by atoms with Gasteiger partial charge in [0.05, 0.1) is 29.9 Å². The van der Waals surface area contributed by atoms with E-state index in [1.807, 2.05) is 0 Å². The normalized spacial score (nSPS) is 23.9. The molecule has 248 valence electrons. The number of nitrogens with zero attached hydrogens (tertiary/aromatic N) is 4. The smallest absolute Gasteiger partial charge is 0.318 e. The molecule has 2 atom stereocenters. The van der Waals surface area contributed by atoms with Gasteiger partial charge in [0, 0.05) is 61.0 Å². The molecule has 1 aromatic heterocycles. The predicted octanol–water partition coefficient (Wildman–Crippen LogP) is 5.80. The summed E-state index contributed by atoms with van der Waals surface area (Å²) >= 11 is 0. The quantitative estimate of drug-likeness (QED) is 0.232. The molecule has 2 aliphatic carbocycles. The molecular weight excluding hydrogens is 605 g/mol. The summed E-state index contributed by atoms with van der Waals surface area (Å²) in [4.78, 5) is 15.1. The van der Waals surface area contributed by atoms with Gasteiger partial charge in [0.2, 0.25) is 0 Å². The monoisotopic (exact) mass is 647 g/mol. The van der Waals surface area contributed by atoms with Crippen LogP contribution in [0.2, 0.25) is 0 Å². The molecule has 9 heteroatoms. The van der Waals surface area contributed by atoms with Crippen molar-refractivity contribution in [2.45, 2.75) is 69.6 Å². The van der Waals surface area contributed by atoms with Gasteiger partial charge in [0.1, 0.15) is 17.4 Å². The summed E-state index contributed by atoms with van der Waals surface area (Å²) in [6.07, 6.45) is 13.5. The van der Waals surface area contributed by atoms with Crippen LogP contribution in [0, 0.1) is 23.6 Å². The number of halogens is 1. The minimum atomic E-state index is -0.456. The fraction of sp³-hybridized carbons (Fsp3) is 0.487. The van der Waals surface area contributed by atoms with E-state index >= 15 is 4.39 Å². The molecule has 2 bridgehead atoms. The molecule has 1 spiro atoms. The number of ether oxygens (including phenoxy) is 2. The Morgan fingerprint density at radius 3 is 2.62 bits per heavy atom. The molecule has 0 amide bonds. The highest BCUT2D eigenvalue weighted by molar-refractivity contribution is 6.04. The fourth-order valence-electron chi connectivity index (χ4n) is 8.50. The van der Waals surface area contributed by atoms with Crippen LogP contribution in [0.4, 0.5) is 10.2 Å². The van der Waals surface area contributed by atoms with E-state index in [0.29, 0.717) is 41.0 Å². The minimum absolute atomic E-state index is 0.0977. The number of piperazine rings is 1. The molecule has 5 aliphatic rings. The predicted molar refractivity (Wildman–Crippen MR) is 185 cm³/mol. The molecule has 3 saturated heterocycles. The van der Waals surface area contributed by atoms with Gasteiger partial charge in [-0.25, -0.2) is 4.39 Å². The maximum Gasteiger partial charge on any atom is 0.318 e. The van der Waals surface area contributed by atoms with Crippen LogP contribution in [0.5, 0.6) is 11.8 Å². The van der Waals surface area contributed by atoms with Gasteiger partial charge in [-0.1, -0.05) is 18.9 Å². The van der Waals surface area contributed by atoms with E-state index in [9.17, 15) is 5.11 Å². The number of phenolic OH excluding ortho intramolecular Hbond substituents is 1. The zero-order valence-electron chi connectivity index (χ0n) is 27.5. The van der Waals surface area contributed by atoms with Crippen molar-refractivity contribution in [3.05, 3.63) is 53.3 Å². The van der Waals surface area contributed by atoms with Gasteiger partial charge in [-0.3, -0.25) is 4.90 Å². The number of aryl methyl sites for hydroxylation is 1. The number of nitrogens with one attached hydrogen (secondary N) is 1. The number of fused-ring (bicyclic) bond motifs is 4. The average molecular weight is 648 g/mol. The summed E-state index contributed by atoms with van der Waals surface area (Å²) in [6, 6.07) is 11.8. The lowest BCUT2D eigenvalue weighted by atomic mass is 9.90. The van der Waals surface area contributed by atoms with Gasteiger partial charge in [-0.05, 0) is 97.4 Å². The van der Waals surface area contributed by atoms with Gasteiger partial charge in [0.15, 0.2) is 0 Å². The summed E-state index contributed by atoms with van der Waals surface area (Å²) in [5.74, 6) is 3.11. The lowest BCUT2D eigenvalue weighted by molar-refractivity contribution is -0.0532. The van der Waals surface area contributed by atoms with E-state index in [-0.39, 0.29) is 22.3 Å². The van der Waals surface area contributed by atoms with Crippen LogP contribution in [-0.4, -0.2) is 83.6 Å². The molecule has 0 radical (unpaired) electrons. The van der Waals surface area contributed by atoms with Crippen LogP contribution in [0.15, 0.2) is 36.4 Å². The molecule has 8 nitrogen and oxygen atoms in total. The summed E-state index contributed by atoms with van der Waals surface area (Å²) < 4.78 is 27.7. The van der Waals surface area contributed by atoms with Crippen LogP contribution in [0.25, 0.3) is 32.8 Å². The Bertz CT molecular complexity index is 1970. The van der Waals surface area contributed by atoms with Crippen LogP contribution < -0.4 is 15.0 Å². The Labute approximate surface area is 280 Å². The lowest BCUT2D eigenvalue weighted by Crippen LogP contribution is -2.51. The number of rotatable bonds is 8. The number of phenols is 1. The maximum atomic E-state index is 15.0. The number of terminal acetylenes is 1. The summed E-state index contributed by atoms with van der Waals surface area (Å²) in [7, 11) is 0. The zero-order valence-corrected chi connectivity index (χ0v) is 27.5. The van der Waals surface area contributed by atoms with Gasteiger partial charge in [-0.2, -0.15) is 9.97 Å². The molecule has 4 heterocycles. The zero-order chi connectivity index (χ0) is 32.6. The first-order valence-electron chi connectivity index (χ1n) is 17.6. The van der Waals surface area contributed by atoms with Crippen LogP contribution in [0.3, 0.4) is 0 Å². The number of aromatic nitrogens is 2. The lowest BCUT2D eigenvalue weighted by Gasteiger charge is -2.35. The van der Waals surface area contributed by atoms with Crippen molar-refractivity contribution in [1.82, 2.24) is 20.2 Å². The molecule has 4 aromatic rings. The third kappa shape index (κ3) is 5.35. The Kier molecular flexibility index (Phi) is 7.09. The van der Waals surface area contributed by atoms with Crippen molar-refractivity contribution in [2.75, 3.05) is 50.8 Å². The molecule has 9 rings (SSSR count). The van der Waals surface area contributed by atoms with Gasteiger partial charge >= 0.3 is 6.01 Å². The van der Waals surface area contributed by atoms with Gasteiger partial charge in [-0.15, -0.1) is 6.42 Å². The Balaban J connectivity index is 1.12. The molecule has 2 unspecified atom stereocenters. The molecular formula is C39H42FN5O3. The van der Waals surface area contributed by atoms with Crippen molar-refractivity contribution in [2.24, 2.45) is 5.41 Å². The minimum Gasteiger partial charge on any atom is -0.508 e. The van der Waals surface area contributed by atoms with Crippen LogP contribution >= 0.6 is 0 Å². The first-order valence-corrected chi connectivity index (χ1v) is 17.6. The summed E-state index contributed by atoms with van der Waals surface area (Å²) in [5.41, 5.74) is 3.78. The Hall–Kier alpha value is -3.97. The highest BCUT2D eigenvalue weighted by Crippen LogP contribution is 2.49. The second-order valence-corrected chi connectivity index (χ2v) is 14.9. The van der Waals surface area contributed by atoms with E-state index < -0.39 is 5.82 Å². The van der Waals surface area contributed by atoms with E-state index in [0.717, 1.165) is 86.4 Å². The molecule has 5 fully saturated rings. The number of hydrogen-bond acceptors (Lipinski definition) is 8. The number of hydrogen-bond donors (Lipinski definition) is 2. The molecule has 48 heavy (non-hydrogen) atoms. The largest absolute Gasteiger partial charge is 0.508 e. The van der Waals surface area contributed by atoms with Crippen molar-refractivity contribution >= 4 is 27.5 Å². The van der Waals surface area contributed by atoms with Gasteiger partial charge < -0.3 is 24.8 Å². The fourth-order valence-corrected chi connectivity index (χ4v) is 8.50. The van der Waals surface area contributed by atoms with E-state index in [2.05, 4.69) is 40.1 Å². The first kappa shape index (κ1) is 30.1. The highest BCUT2D eigenvalue weighted by atomic mass is 19.1. The molecule has 3 aliphatic heterocycles. The topological polar surface area (TPSA) is 83.0 Å². The summed E-state index contributed by atoms with van der Waals surface area (Å²) in [5, 5.41) is 16.8. The Morgan fingerprint density at radius 2 is 1.90 bits per heavy atom. The average Bonchev–Trinajstić information content (AvgIpc) is 4.01. The molecule has 2 saturated carbocycles. The van der Waals surface area contributed by atoms with E-state index in [4.69, 9.17) is 25.9 Å². The molecule has 2 N–H and O–H groups in total. The van der Waals surface area contributed by atoms with E-state index in [1.165, 1.54) is 31.7 Å². The molecule has 3 aromatic carbocycles. The van der Waals surface area contributed by atoms with E-state index in [1.54, 1.807) is 18.2 Å².